The molecule has 110 valence electrons. The minimum Gasteiger partial charge on any atom is -0.455 e. The number of aryl methyl sites for hydroxylation is 1. The summed E-state index contributed by atoms with van der Waals surface area (Å²) >= 11 is 0. The van der Waals surface area contributed by atoms with E-state index in [0.29, 0.717) is 5.56 Å². The number of Topliss-reactive ketones (excluding diaryl/α,β-unsaturated/α-hetero) is 1. The van der Waals surface area contributed by atoms with Gasteiger partial charge in [0.25, 0.3) is 0 Å². The summed E-state index contributed by atoms with van der Waals surface area (Å²) in [5.41, 5.74) is 3.07. The van der Waals surface area contributed by atoms with Crippen molar-refractivity contribution in [1.82, 2.24) is 5.16 Å². The van der Waals surface area contributed by atoms with E-state index < -0.39 is 0 Å². The molecule has 0 atom stereocenters. The number of benzene rings is 2. The molecule has 2 aromatic carbocycles. The van der Waals surface area contributed by atoms with Crippen LogP contribution in [0.2, 0.25) is 0 Å². The molecule has 0 bridgehead atoms. The van der Waals surface area contributed by atoms with Gasteiger partial charge < -0.3 is 9.26 Å². The van der Waals surface area contributed by atoms with E-state index in [1.165, 1.54) is 0 Å². The number of ketones is 1. The van der Waals surface area contributed by atoms with Crippen molar-refractivity contribution in [1.29, 1.82) is 0 Å². The van der Waals surface area contributed by atoms with Gasteiger partial charge in [-0.2, -0.15) is 0 Å². The second-order valence-electron chi connectivity index (χ2n) is 4.87. The van der Waals surface area contributed by atoms with Crippen LogP contribution in [0.4, 0.5) is 0 Å². The number of ether oxygens (including phenoxy) is 1. The van der Waals surface area contributed by atoms with E-state index in [0.717, 1.165) is 16.8 Å². The van der Waals surface area contributed by atoms with E-state index in [-0.39, 0.29) is 18.3 Å². The fourth-order valence-electron chi connectivity index (χ4n) is 2.22. The fourth-order valence-corrected chi connectivity index (χ4v) is 2.22. The third-order valence-electron chi connectivity index (χ3n) is 3.32. The molecule has 3 aromatic rings. The van der Waals surface area contributed by atoms with Crippen LogP contribution in [0.3, 0.4) is 0 Å². The zero-order chi connectivity index (χ0) is 15.4. The number of hydrogen-bond acceptors (Lipinski definition) is 4. The Bertz CT molecular complexity index is 764. The SMILES string of the molecule is Cc1noc(OCC(=O)c2ccccc2)c1-c1ccccc1. The molecule has 4 heteroatoms. The maximum atomic E-state index is 12.1. The lowest BCUT2D eigenvalue weighted by Gasteiger charge is -2.05. The third-order valence-corrected chi connectivity index (χ3v) is 3.32. The molecule has 3 rings (SSSR count). The van der Waals surface area contributed by atoms with Gasteiger partial charge in [0.2, 0.25) is 0 Å². The third kappa shape index (κ3) is 2.91. The average molecular weight is 293 g/mol. The van der Waals surface area contributed by atoms with Crippen molar-refractivity contribution in [2.75, 3.05) is 6.61 Å². The Morgan fingerprint density at radius 2 is 1.68 bits per heavy atom. The molecule has 22 heavy (non-hydrogen) atoms. The maximum Gasteiger partial charge on any atom is 0.319 e. The summed E-state index contributed by atoms with van der Waals surface area (Å²) < 4.78 is 10.8. The summed E-state index contributed by atoms with van der Waals surface area (Å²) in [7, 11) is 0. The highest BCUT2D eigenvalue weighted by Gasteiger charge is 2.17. The Morgan fingerprint density at radius 3 is 2.36 bits per heavy atom. The Morgan fingerprint density at radius 1 is 1.05 bits per heavy atom. The first-order valence-electron chi connectivity index (χ1n) is 6.98. The normalized spacial score (nSPS) is 10.4. The number of carbonyl (C=O) groups is 1. The Balaban J connectivity index is 1.78. The van der Waals surface area contributed by atoms with Crippen molar-refractivity contribution in [2.45, 2.75) is 6.92 Å². The van der Waals surface area contributed by atoms with Gasteiger partial charge in [-0.05, 0) is 12.5 Å². The molecule has 0 aliphatic heterocycles. The van der Waals surface area contributed by atoms with Crippen LogP contribution in [0.1, 0.15) is 16.1 Å². The van der Waals surface area contributed by atoms with Gasteiger partial charge in [0, 0.05) is 5.56 Å². The van der Waals surface area contributed by atoms with Crippen molar-refractivity contribution >= 4 is 5.78 Å². The lowest BCUT2D eigenvalue weighted by molar-refractivity contribution is 0.0892. The van der Waals surface area contributed by atoms with Gasteiger partial charge >= 0.3 is 5.95 Å². The van der Waals surface area contributed by atoms with Crippen molar-refractivity contribution in [3.05, 3.63) is 71.9 Å². The second-order valence-corrected chi connectivity index (χ2v) is 4.87. The molecule has 0 N–H and O–H groups in total. The summed E-state index contributed by atoms with van der Waals surface area (Å²) in [6.07, 6.45) is 0. The molecule has 0 aliphatic carbocycles. The molecule has 0 unspecified atom stereocenters. The highest BCUT2D eigenvalue weighted by Crippen LogP contribution is 2.33. The topological polar surface area (TPSA) is 52.3 Å². The lowest BCUT2D eigenvalue weighted by Crippen LogP contribution is -2.11. The summed E-state index contributed by atoms with van der Waals surface area (Å²) in [5, 5.41) is 3.93. The summed E-state index contributed by atoms with van der Waals surface area (Å²) in [4.78, 5) is 12.1. The van der Waals surface area contributed by atoms with E-state index in [1.54, 1.807) is 12.1 Å². The van der Waals surface area contributed by atoms with Crippen LogP contribution < -0.4 is 4.74 Å². The number of hydrogen-bond donors (Lipinski definition) is 0. The lowest BCUT2D eigenvalue weighted by atomic mass is 10.1. The van der Waals surface area contributed by atoms with Gasteiger partial charge in [-0.25, -0.2) is 0 Å². The number of nitrogens with zero attached hydrogens (tertiary/aromatic N) is 1. The zero-order valence-electron chi connectivity index (χ0n) is 12.2. The fraction of sp³-hybridized carbons (Fsp3) is 0.111. The Labute approximate surface area is 128 Å². The number of carbonyl (C=O) groups excluding carboxylic acids is 1. The molecular weight excluding hydrogens is 278 g/mol. The van der Waals surface area contributed by atoms with E-state index in [9.17, 15) is 4.79 Å². The highest BCUT2D eigenvalue weighted by atomic mass is 16.6. The second kappa shape index (κ2) is 6.26. The number of rotatable bonds is 5. The Kier molecular flexibility index (Phi) is 4.01. The molecule has 0 saturated heterocycles. The molecule has 0 fully saturated rings. The van der Waals surface area contributed by atoms with Crippen molar-refractivity contribution in [2.24, 2.45) is 0 Å². The standard InChI is InChI=1S/C18H15NO3/c1-13-17(15-10-6-3-7-11-15)18(22-19-13)21-12-16(20)14-8-4-2-5-9-14/h2-11H,12H2,1H3. The predicted molar refractivity (Wildman–Crippen MR) is 82.9 cm³/mol. The number of aromatic nitrogens is 1. The molecule has 1 heterocycles. The van der Waals surface area contributed by atoms with E-state index in [4.69, 9.17) is 9.26 Å². The molecule has 0 radical (unpaired) electrons. The molecular formula is C18H15NO3. The first-order valence-corrected chi connectivity index (χ1v) is 6.98. The van der Waals surface area contributed by atoms with Crippen molar-refractivity contribution in [3.8, 4) is 17.1 Å². The van der Waals surface area contributed by atoms with E-state index in [2.05, 4.69) is 5.16 Å². The first kappa shape index (κ1) is 14.1. The quantitative estimate of drug-likeness (QED) is 0.669. The van der Waals surface area contributed by atoms with Gasteiger partial charge in [0.05, 0.1) is 11.3 Å². The zero-order valence-corrected chi connectivity index (χ0v) is 12.2. The van der Waals surface area contributed by atoms with E-state index >= 15 is 0 Å². The van der Waals surface area contributed by atoms with E-state index in [1.807, 2.05) is 55.5 Å². The summed E-state index contributed by atoms with van der Waals surface area (Å²) in [5.74, 6) is 0.168. The van der Waals surface area contributed by atoms with Gasteiger partial charge in [0.1, 0.15) is 0 Å². The molecule has 0 aliphatic rings. The molecule has 0 saturated carbocycles. The van der Waals surface area contributed by atoms with Crippen molar-refractivity contribution in [3.63, 3.8) is 0 Å². The van der Waals surface area contributed by atoms with Gasteiger partial charge in [-0.15, -0.1) is 0 Å². The van der Waals surface area contributed by atoms with Crippen LogP contribution in [0.5, 0.6) is 5.95 Å². The molecule has 0 spiro atoms. The van der Waals surface area contributed by atoms with Gasteiger partial charge in [0.15, 0.2) is 12.4 Å². The Hall–Kier alpha value is -2.88. The van der Waals surface area contributed by atoms with Crippen LogP contribution >= 0.6 is 0 Å². The monoisotopic (exact) mass is 293 g/mol. The van der Waals surface area contributed by atoms with Gasteiger partial charge in [-0.1, -0.05) is 65.8 Å². The first-order chi connectivity index (χ1) is 10.8. The summed E-state index contributed by atoms with van der Waals surface area (Å²) in [6, 6.07) is 18.7. The van der Waals surface area contributed by atoms with Crippen LogP contribution in [0.15, 0.2) is 65.2 Å². The molecule has 4 nitrogen and oxygen atoms in total. The predicted octanol–water partition coefficient (Wildman–Crippen LogP) is 3.91. The molecule has 1 aromatic heterocycles. The smallest absolute Gasteiger partial charge is 0.319 e. The van der Waals surface area contributed by atoms with Crippen LogP contribution in [0.25, 0.3) is 11.1 Å². The summed E-state index contributed by atoms with van der Waals surface area (Å²) in [6.45, 7) is 1.76. The molecule has 0 amide bonds. The van der Waals surface area contributed by atoms with Gasteiger partial charge in [-0.3, -0.25) is 4.79 Å². The minimum absolute atomic E-state index is 0.0848. The largest absolute Gasteiger partial charge is 0.455 e. The highest BCUT2D eigenvalue weighted by molar-refractivity contribution is 5.97. The van der Waals surface area contributed by atoms with Crippen LogP contribution in [-0.4, -0.2) is 17.5 Å². The van der Waals surface area contributed by atoms with Crippen molar-refractivity contribution < 1.29 is 14.1 Å². The van der Waals surface area contributed by atoms with Crippen LogP contribution in [0, 0.1) is 6.92 Å². The minimum atomic E-state index is -0.103. The average Bonchev–Trinajstić information content (AvgIpc) is 2.95. The van der Waals surface area contributed by atoms with Crippen LogP contribution in [-0.2, 0) is 0 Å². The maximum absolute atomic E-state index is 12.1.